The Balaban J connectivity index is 2.51. The van der Waals surface area contributed by atoms with E-state index >= 15 is 0 Å². The predicted octanol–water partition coefficient (Wildman–Crippen LogP) is 2.34. The minimum absolute atomic E-state index is 0.556. The Hall–Kier alpha value is -3.53. The van der Waals surface area contributed by atoms with Crippen molar-refractivity contribution in [2.45, 2.75) is 0 Å². The lowest BCUT2D eigenvalue weighted by atomic mass is 9.81. The van der Waals surface area contributed by atoms with E-state index in [4.69, 9.17) is 11.6 Å². The molecule has 126 valence electrons. The highest BCUT2D eigenvalue weighted by molar-refractivity contribution is 6.37. The quantitative estimate of drug-likeness (QED) is 0.517. The molecule has 0 aliphatic heterocycles. The summed E-state index contributed by atoms with van der Waals surface area (Å²) in [5.41, 5.74) is -4.81. The van der Waals surface area contributed by atoms with Crippen molar-refractivity contribution in [1.29, 1.82) is 0 Å². The molecule has 10 nitrogen and oxygen atoms in total. The largest absolute Gasteiger partial charge is 0.507 e. The van der Waals surface area contributed by atoms with Crippen LogP contribution in [0.1, 0.15) is 31.8 Å². The van der Waals surface area contributed by atoms with E-state index in [1.165, 1.54) is 0 Å². The van der Waals surface area contributed by atoms with E-state index in [2.05, 4.69) is 0 Å². The fourth-order valence-electron chi connectivity index (χ4n) is 2.66. The van der Waals surface area contributed by atoms with Crippen LogP contribution in [0, 0.1) is 20.2 Å². The average molecular weight is 365 g/mol. The molecule has 0 saturated carbocycles. The Morgan fingerprint density at radius 3 is 1.92 bits per heavy atom. The molecule has 0 atom stereocenters. The first-order valence-corrected chi connectivity index (χ1v) is 6.84. The van der Waals surface area contributed by atoms with Gasteiger partial charge in [0.1, 0.15) is 22.6 Å². The second-order valence-electron chi connectivity index (χ2n) is 5.00. The molecule has 1 aliphatic rings. The normalized spacial score (nSPS) is 12.5. The Bertz CT molecular complexity index is 1030. The van der Waals surface area contributed by atoms with Crippen LogP contribution in [-0.4, -0.2) is 31.6 Å². The number of fused-ring (bicyclic) bond motifs is 2. The summed E-state index contributed by atoms with van der Waals surface area (Å²) in [7, 11) is 0. The lowest BCUT2D eigenvalue weighted by Gasteiger charge is -2.19. The molecule has 0 aromatic heterocycles. The number of hydrogen-bond donors (Lipinski definition) is 2. The number of halogens is 1. The number of aromatic hydroxyl groups is 2. The van der Waals surface area contributed by atoms with Crippen LogP contribution in [0.15, 0.2) is 18.2 Å². The number of nitro groups is 2. The van der Waals surface area contributed by atoms with Crippen LogP contribution in [-0.2, 0) is 0 Å². The zero-order chi connectivity index (χ0) is 18.6. The molecular weight excluding hydrogens is 360 g/mol. The number of phenols is 2. The van der Waals surface area contributed by atoms with Crippen LogP contribution in [0.5, 0.6) is 11.5 Å². The average Bonchev–Trinajstić information content (AvgIpc) is 2.53. The molecule has 0 spiro atoms. The lowest BCUT2D eigenvalue weighted by Crippen LogP contribution is -2.24. The van der Waals surface area contributed by atoms with Crippen molar-refractivity contribution in [2.75, 3.05) is 0 Å². The van der Waals surface area contributed by atoms with Gasteiger partial charge in [-0.15, -0.1) is 0 Å². The molecule has 2 aromatic rings. The standard InChI is InChI=1S/C14H5ClN2O8/c15-4-3-6(17(24)25)9-11(12(4)19)14(21)10-7(18)2-1-5(16(22)23)8(10)13(9)20/h1-3,18-19H. The van der Waals surface area contributed by atoms with Gasteiger partial charge in [0, 0.05) is 12.1 Å². The monoisotopic (exact) mass is 364 g/mol. The van der Waals surface area contributed by atoms with E-state index in [9.17, 15) is 40.0 Å². The summed E-state index contributed by atoms with van der Waals surface area (Å²) >= 11 is 5.67. The molecule has 3 rings (SSSR count). The molecule has 0 unspecified atom stereocenters. The maximum atomic E-state index is 12.7. The molecule has 0 saturated heterocycles. The lowest BCUT2D eigenvalue weighted by molar-refractivity contribution is -0.385. The van der Waals surface area contributed by atoms with Crippen molar-refractivity contribution >= 4 is 34.5 Å². The number of benzene rings is 2. The van der Waals surface area contributed by atoms with Gasteiger partial charge in [0.15, 0.2) is 0 Å². The molecule has 2 N–H and O–H groups in total. The van der Waals surface area contributed by atoms with Gasteiger partial charge in [-0.05, 0) is 6.07 Å². The zero-order valence-electron chi connectivity index (χ0n) is 11.8. The smallest absolute Gasteiger partial charge is 0.283 e. The summed E-state index contributed by atoms with van der Waals surface area (Å²) in [6.45, 7) is 0. The summed E-state index contributed by atoms with van der Waals surface area (Å²) in [4.78, 5) is 45.7. The molecule has 0 radical (unpaired) electrons. The summed E-state index contributed by atoms with van der Waals surface area (Å²) in [6.07, 6.45) is 0. The van der Waals surface area contributed by atoms with Gasteiger partial charge in [0.05, 0.1) is 26.0 Å². The fourth-order valence-corrected chi connectivity index (χ4v) is 2.86. The second-order valence-corrected chi connectivity index (χ2v) is 5.41. The van der Waals surface area contributed by atoms with Gasteiger partial charge in [0.2, 0.25) is 11.6 Å². The van der Waals surface area contributed by atoms with Crippen molar-refractivity contribution in [2.24, 2.45) is 0 Å². The highest BCUT2D eigenvalue weighted by atomic mass is 35.5. The molecule has 0 fully saturated rings. The van der Waals surface area contributed by atoms with E-state index < -0.39 is 71.6 Å². The summed E-state index contributed by atoms with van der Waals surface area (Å²) in [5, 5.41) is 41.7. The van der Waals surface area contributed by atoms with Crippen LogP contribution >= 0.6 is 11.6 Å². The van der Waals surface area contributed by atoms with Crippen LogP contribution in [0.2, 0.25) is 5.02 Å². The molecule has 11 heteroatoms. The van der Waals surface area contributed by atoms with Crippen LogP contribution in [0.3, 0.4) is 0 Å². The van der Waals surface area contributed by atoms with Crippen LogP contribution in [0.4, 0.5) is 11.4 Å². The molecule has 0 bridgehead atoms. The maximum Gasteiger partial charge on any atom is 0.283 e. The van der Waals surface area contributed by atoms with Crippen molar-refractivity contribution in [3.63, 3.8) is 0 Å². The highest BCUT2D eigenvalue weighted by Gasteiger charge is 2.44. The van der Waals surface area contributed by atoms with Crippen molar-refractivity contribution < 1.29 is 29.6 Å². The van der Waals surface area contributed by atoms with Crippen molar-refractivity contribution in [3.8, 4) is 11.5 Å². The molecule has 0 heterocycles. The maximum absolute atomic E-state index is 12.7. The van der Waals surface area contributed by atoms with Gasteiger partial charge in [-0.25, -0.2) is 0 Å². The number of nitro benzene ring substituents is 2. The van der Waals surface area contributed by atoms with E-state index in [-0.39, 0.29) is 0 Å². The number of rotatable bonds is 2. The number of phenolic OH excluding ortho intramolecular Hbond substituents is 2. The zero-order valence-corrected chi connectivity index (χ0v) is 12.6. The van der Waals surface area contributed by atoms with Crippen LogP contribution < -0.4 is 0 Å². The summed E-state index contributed by atoms with van der Waals surface area (Å²) in [6, 6.07) is 2.30. The Morgan fingerprint density at radius 2 is 1.36 bits per heavy atom. The van der Waals surface area contributed by atoms with Gasteiger partial charge in [0.25, 0.3) is 11.4 Å². The number of nitrogens with zero attached hydrogens (tertiary/aromatic N) is 2. The number of carbonyl (C=O) groups excluding carboxylic acids is 2. The molecule has 1 aliphatic carbocycles. The predicted molar refractivity (Wildman–Crippen MR) is 81.4 cm³/mol. The van der Waals surface area contributed by atoms with Crippen molar-refractivity contribution in [3.05, 3.63) is 65.7 Å². The van der Waals surface area contributed by atoms with E-state index in [1.54, 1.807) is 0 Å². The first-order chi connectivity index (χ1) is 11.7. The first kappa shape index (κ1) is 16.3. The minimum atomic E-state index is -1.24. The van der Waals surface area contributed by atoms with Gasteiger partial charge in [-0.3, -0.25) is 29.8 Å². The molecule has 2 aromatic carbocycles. The van der Waals surface area contributed by atoms with Gasteiger partial charge >= 0.3 is 0 Å². The Morgan fingerprint density at radius 1 is 0.840 bits per heavy atom. The van der Waals surface area contributed by atoms with E-state index in [0.29, 0.717) is 6.07 Å². The highest BCUT2D eigenvalue weighted by Crippen LogP contribution is 2.45. The Labute approximate surface area is 142 Å². The SMILES string of the molecule is O=C1c2c([N+](=O)[O-])ccc(O)c2C(=O)c2c(O)c(Cl)cc([N+](=O)[O-])c21. The van der Waals surface area contributed by atoms with Gasteiger partial charge < -0.3 is 10.2 Å². The van der Waals surface area contributed by atoms with Crippen molar-refractivity contribution in [1.82, 2.24) is 0 Å². The topological polar surface area (TPSA) is 161 Å². The second kappa shape index (κ2) is 5.24. The van der Waals surface area contributed by atoms with E-state index in [1.807, 2.05) is 0 Å². The summed E-state index contributed by atoms with van der Waals surface area (Å²) < 4.78 is 0. The van der Waals surface area contributed by atoms with Gasteiger partial charge in [-0.2, -0.15) is 0 Å². The van der Waals surface area contributed by atoms with Crippen LogP contribution in [0.25, 0.3) is 0 Å². The third-order valence-corrected chi connectivity index (χ3v) is 3.98. The molecular formula is C14H5ClN2O8. The number of ketones is 2. The number of hydrogen-bond acceptors (Lipinski definition) is 8. The number of carbonyl (C=O) groups is 2. The third kappa shape index (κ3) is 2.11. The molecule has 25 heavy (non-hydrogen) atoms. The van der Waals surface area contributed by atoms with Gasteiger partial charge in [-0.1, -0.05) is 11.6 Å². The fraction of sp³-hybridized carbons (Fsp3) is 0. The molecule has 0 amide bonds. The first-order valence-electron chi connectivity index (χ1n) is 6.46. The van der Waals surface area contributed by atoms with E-state index in [0.717, 1.165) is 12.1 Å². The Kier molecular flexibility index (Phi) is 3.43. The summed E-state index contributed by atoms with van der Waals surface area (Å²) in [5.74, 6) is -4.07. The third-order valence-electron chi connectivity index (χ3n) is 3.70. The minimum Gasteiger partial charge on any atom is -0.507 e.